The van der Waals surface area contributed by atoms with Gasteiger partial charge in [-0.3, -0.25) is 4.99 Å². The molecule has 0 aromatic heterocycles. The highest BCUT2D eigenvalue weighted by atomic mass is 14.7. The summed E-state index contributed by atoms with van der Waals surface area (Å²) in [6.07, 6.45) is 1.02. The molecule has 58 valence electrons. The van der Waals surface area contributed by atoms with Crippen molar-refractivity contribution in [2.45, 2.75) is 20.3 Å². The average molecular weight is 147 g/mol. The van der Waals surface area contributed by atoms with Gasteiger partial charge in [-0.1, -0.05) is 25.1 Å². The van der Waals surface area contributed by atoms with Gasteiger partial charge in [-0.05, 0) is 25.5 Å². The number of hydrogen-bond acceptors (Lipinski definition) is 1. The van der Waals surface area contributed by atoms with Gasteiger partial charge in [0.15, 0.2) is 0 Å². The van der Waals surface area contributed by atoms with E-state index in [1.165, 1.54) is 5.71 Å². The predicted octanol–water partition coefficient (Wildman–Crippen LogP) is 3.19. The lowest BCUT2D eigenvalue weighted by atomic mass is 10.3. The Morgan fingerprint density at radius 1 is 1.27 bits per heavy atom. The van der Waals surface area contributed by atoms with Crippen molar-refractivity contribution < 1.29 is 0 Å². The highest BCUT2D eigenvalue weighted by Crippen LogP contribution is 2.10. The van der Waals surface area contributed by atoms with Crippen molar-refractivity contribution in [3.8, 4) is 0 Å². The molecule has 0 amide bonds. The molecule has 0 atom stereocenters. The smallest absolute Gasteiger partial charge is 0.0628 e. The van der Waals surface area contributed by atoms with Crippen LogP contribution in [0.3, 0.4) is 0 Å². The fourth-order valence-electron chi connectivity index (χ4n) is 0.802. The lowest BCUT2D eigenvalue weighted by Gasteiger charge is -1.94. The summed E-state index contributed by atoms with van der Waals surface area (Å²) in [5.74, 6) is 0. The first-order valence-electron chi connectivity index (χ1n) is 3.92. The van der Waals surface area contributed by atoms with Crippen LogP contribution in [-0.4, -0.2) is 5.71 Å². The molecule has 0 aliphatic carbocycles. The van der Waals surface area contributed by atoms with Gasteiger partial charge < -0.3 is 0 Å². The molecule has 1 nitrogen and oxygen atoms in total. The molecule has 0 bridgehead atoms. The highest BCUT2D eigenvalue weighted by Gasteiger charge is 1.86. The molecule has 1 aromatic carbocycles. The van der Waals surface area contributed by atoms with Gasteiger partial charge in [0.1, 0.15) is 0 Å². The number of nitrogens with zero attached hydrogens (tertiary/aromatic N) is 1. The van der Waals surface area contributed by atoms with Crippen molar-refractivity contribution >= 4 is 11.4 Å². The molecule has 1 rings (SSSR count). The Balaban J connectivity index is 2.79. The summed E-state index contributed by atoms with van der Waals surface area (Å²) in [5.41, 5.74) is 2.23. The zero-order valence-electron chi connectivity index (χ0n) is 7.04. The summed E-state index contributed by atoms with van der Waals surface area (Å²) in [6.45, 7) is 4.16. The van der Waals surface area contributed by atoms with E-state index >= 15 is 0 Å². The molecule has 0 spiro atoms. The lowest BCUT2D eigenvalue weighted by Crippen LogP contribution is -1.84. The minimum absolute atomic E-state index is 1.02. The van der Waals surface area contributed by atoms with Crippen LogP contribution >= 0.6 is 0 Å². The zero-order chi connectivity index (χ0) is 8.10. The van der Waals surface area contributed by atoms with Gasteiger partial charge in [-0.15, -0.1) is 0 Å². The van der Waals surface area contributed by atoms with E-state index in [9.17, 15) is 0 Å². The topological polar surface area (TPSA) is 12.4 Å². The molecule has 1 aromatic rings. The van der Waals surface area contributed by atoms with Gasteiger partial charge in [-0.2, -0.15) is 0 Å². The van der Waals surface area contributed by atoms with Crippen LogP contribution in [0.15, 0.2) is 35.3 Å². The number of benzene rings is 1. The molecule has 0 unspecified atom stereocenters. The summed E-state index contributed by atoms with van der Waals surface area (Å²) in [7, 11) is 0. The van der Waals surface area contributed by atoms with E-state index in [1.54, 1.807) is 0 Å². The van der Waals surface area contributed by atoms with E-state index in [1.807, 2.05) is 37.3 Å². The minimum Gasteiger partial charge on any atom is -0.258 e. The molecule has 0 aliphatic heterocycles. The Labute approximate surface area is 67.8 Å². The average Bonchev–Trinajstić information content (AvgIpc) is 2.06. The van der Waals surface area contributed by atoms with E-state index in [0.717, 1.165) is 12.1 Å². The fraction of sp³-hybridized carbons (Fsp3) is 0.300. The Bertz CT molecular complexity index is 236. The second kappa shape index (κ2) is 3.91. The molecule has 0 N–H and O–H groups in total. The SMILES string of the molecule is CC/C(C)=N\c1ccccc1. The quantitative estimate of drug-likeness (QED) is 0.570. The van der Waals surface area contributed by atoms with Crippen LogP contribution in [0.5, 0.6) is 0 Å². The van der Waals surface area contributed by atoms with Gasteiger partial charge in [-0.25, -0.2) is 0 Å². The summed E-state index contributed by atoms with van der Waals surface area (Å²) < 4.78 is 0. The number of hydrogen-bond donors (Lipinski definition) is 0. The van der Waals surface area contributed by atoms with Gasteiger partial charge in [0.05, 0.1) is 5.69 Å². The van der Waals surface area contributed by atoms with E-state index in [4.69, 9.17) is 0 Å². The Hall–Kier alpha value is -1.11. The Morgan fingerprint density at radius 3 is 2.45 bits per heavy atom. The number of rotatable bonds is 2. The Morgan fingerprint density at radius 2 is 1.91 bits per heavy atom. The van der Waals surface area contributed by atoms with E-state index in [2.05, 4.69) is 11.9 Å². The van der Waals surface area contributed by atoms with Crippen molar-refractivity contribution in [1.29, 1.82) is 0 Å². The van der Waals surface area contributed by atoms with Crippen LogP contribution in [0.25, 0.3) is 0 Å². The summed E-state index contributed by atoms with van der Waals surface area (Å²) >= 11 is 0. The standard InChI is InChI=1S/C10H13N/c1-3-9(2)11-10-7-5-4-6-8-10/h4-8H,3H2,1-2H3/b11-9-. The maximum atomic E-state index is 4.39. The third-order valence-electron chi connectivity index (χ3n) is 1.59. The largest absolute Gasteiger partial charge is 0.258 e. The van der Waals surface area contributed by atoms with Gasteiger partial charge >= 0.3 is 0 Å². The third kappa shape index (κ3) is 2.54. The Kier molecular flexibility index (Phi) is 2.84. The predicted molar refractivity (Wildman–Crippen MR) is 49.5 cm³/mol. The number of para-hydroxylation sites is 1. The van der Waals surface area contributed by atoms with Crippen LogP contribution in [0.4, 0.5) is 5.69 Å². The van der Waals surface area contributed by atoms with E-state index < -0.39 is 0 Å². The highest BCUT2D eigenvalue weighted by molar-refractivity contribution is 5.84. The molecule has 0 aliphatic rings. The first-order chi connectivity index (χ1) is 5.33. The maximum Gasteiger partial charge on any atom is 0.0628 e. The molecule has 0 saturated carbocycles. The lowest BCUT2D eigenvalue weighted by molar-refractivity contribution is 1.25. The minimum atomic E-state index is 1.02. The van der Waals surface area contributed by atoms with Crippen molar-refractivity contribution in [3.05, 3.63) is 30.3 Å². The van der Waals surface area contributed by atoms with Crippen molar-refractivity contribution in [2.24, 2.45) is 4.99 Å². The molecular weight excluding hydrogens is 134 g/mol. The first-order valence-corrected chi connectivity index (χ1v) is 3.92. The van der Waals surface area contributed by atoms with E-state index in [-0.39, 0.29) is 0 Å². The van der Waals surface area contributed by atoms with E-state index in [0.29, 0.717) is 0 Å². The van der Waals surface area contributed by atoms with Crippen molar-refractivity contribution in [1.82, 2.24) is 0 Å². The van der Waals surface area contributed by atoms with Crippen LogP contribution in [0.1, 0.15) is 20.3 Å². The zero-order valence-corrected chi connectivity index (χ0v) is 7.04. The van der Waals surface area contributed by atoms with Crippen molar-refractivity contribution in [3.63, 3.8) is 0 Å². The van der Waals surface area contributed by atoms with Gasteiger partial charge in [0.25, 0.3) is 0 Å². The fourth-order valence-corrected chi connectivity index (χ4v) is 0.802. The van der Waals surface area contributed by atoms with Crippen LogP contribution in [0, 0.1) is 0 Å². The van der Waals surface area contributed by atoms with Crippen LogP contribution in [0.2, 0.25) is 0 Å². The van der Waals surface area contributed by atoms with Crippen LogP contribution < -0.4 is 0 Å². The van der Waals surface area contributed by atoms with Gasteiger partial charge in [0, 0.05) is 5.71 Å². The summed E-state index contributed by atoms with van der Waals surface area (Å²) in [6, 6.07) is 10.0. The summed E-state index contributed by atoms with van der Waals surface area (Å²) in [4.78, 5) is 4.39. The molecule has 0 saturated heterocycles. The number of aliphatic imine (C=N–C) groups is 1. The first kappa shape index (κ1) is 7.99. The molecule has 0 radical (unpaired) electrons. The third-order valence-corrected chi connectivity index (χ3v) is 1.59. The molecule has 0 heterocycles. The second-order valence-corrected chi connectivity index (χ2v) is 2.54. The molecule has 1 heteroatoms. The monoisotopic (exact) mass is 147 g/mol. The summed E-state index contributed by atoms with van der Waals surface area (Å²) in [5, 5.41) is 0. The molecular formula is C10H13N. The second-order valence-electron chi connectivity index (χ2n) is 2.54. The van der Waals surface area contributed by atoms with Crippen LogP contribution in [-0.2, 0) is 0 Å². The van der Waals surface area contributed by atoms with Gasteiger partial charge in [0.2, 0.25) is 0 Å². The molecule has 11 heavy (non-hydrogen) atoms. The maximum absolute atomic E-state index is 4.39. The van der Waals surface area contributed by atoms with Crippen molar-refractivity contribution in [2.75, 3.05) is 0 Å². The normalized spacial score (nSPS) is 11.6. The molecule has 0 fully saturated rings.